The molecule has 0 unspecified atom stereocenters. The van der Waals surface area contributed by atoms with Gasteiger partial charge in [-0.2, -0.15) is 0 Å². The molecule has 2 aromatic rings. The van der Waals surface area contributed by atoms with Crippen LogP contribution in [0.1, 0.15) is 18.4 Å². The minimum absolute atomic E-state index is 0.201. The van der Waals surface area contributed by atoms with E-state index in [1.165, 1.54) is 0 Å². The van der Waals surface area contributed by atoms with Crippen LogP contribution in [0.2, 0.25) is 0 Å². The van der Waals surface area contributed by atoms with Crippen LogP contribution in [0.25, 0.3) is 11.1 Å². The average Bonchev–Trinajstić information content (AvgIpc) is 2.41. The molecular formula is C16H18O3. The van der Waals surface area contributed by atoms with Crippen LogP contribution in [0.15, 0.2) is 42.5 Å². The Morgan fingerprint density at radius 2 is 1.47 bits per heavy atom. The molecule has 19 heavy (non-hydrogen) atoms. The number of aliphatic hydroxyl groups excluding tert-OH is 1. The average molecular weight is 258 g/mol. The summed E-state index contributed by atoms with van der Waals surface area (Å²) in [6, 6.07) is 12.3. The third kappa shape index (κ3) is 3.48. The molecule has 0 aliphatic rings. The molecule has 0 fully saturated rings. The summed E-state index contributed by atoms with van der Waals surface area (Å²) in [5, 5.41) is 27.8. The maximum atomic E-state index is 9.64. The van der Waals surface area contributed by atoms with Crippen molar-refractivity contribution >= 4 is 0 Å². The molecule has 0 radical (unpaired) electrons. The minimum Gasteiger partial charge on any atom is -0.508 e. The molecule has 0 amide bonds. The Labute approximate surface area is 112 Å². The summed E-state index contributed by atoms with van der Waals surface area (Å²) in [6.07, 6.45) is 2.54. The highest BCUT2D eigenvalue weighted by atomic mass is 16.3. The lowest BCUT2D eigenvalue weighted by Crippen LogP contribution is -1.92. The number of aryl methyl sites for hydroxylation is 1. The first kappa shape index (κ1) is 13.4. The molecule has 0 atom stereocenters. The van der Waals surface area contributed by atoms with Gasteiger partial charge in [0.15, 0.2) is 0 Å². The Kier molecular flexibility index (Phi) is 4.42. The third-order valence-corrected chi connectivity index (χ3v) is 3.13. The van der Waals surface area contributed by atoms with Gasteiger partial charge in [0, 0.05) is 6.61 Å². The van der Waals surface area contributed by atoms with Crippen molar-refractivity contribution in [3.8, 4) is 22.6 Å². The smallest absolute Gasteiger partial charge is 0.116 e. The number of rotatable bonds is 5. The van der Waals surface area contributed by atoms with E-state index in [0.29, 0.717) is 0 Å². The highest BCUT2D eigenvalue weighted by molar-refractivity contribution is 5.69. The Morgan fingerprint density at radius 1 is 0.789 bits per heavy atom. The molecule has 0 aliphatic carbocycles. The summed E-state index contributed by atoms with van der Waals surface area (Å²) in [5.41, 5.74) is 3.07. The number of benzene rings is 2. The first-order valence-electron chi connectivity index (χ1n) is 6.43. The second-order valence-electron chi connectivity index (χ2n) is 4.57. The van der Waals surface area contributed by atoms with Gasteiger partial charge in [0.25, 0.3) is 0 Å². The van der Waals surface area contributed by atoms with Gasteiger partial charge in [-0.1, -0.05) is 18.2 Å². The van der Waals surface area contributed by atoms with Gasteiger partial charge in [-0.3, -0.25) is 0 Å². The number of aliphatic hydroxyl groups is 1. The molecule has 3 heteroatoms. The van der Waals surface area contributed by atoms with Gasteiger partial charge >= 0.3 is 0 Å². The van der Waals surface area contributed by atoms with Gasteiger partial charge in [-0.25, -0.2) is 0 Å². The van der Waals surface area contributed by atoms with Gasteiger partial charge in [-0.05, 0) is 60.2 Å². The number of aromatic hydroxyl groups is 2. The lowest BCUT2D eigenvalue weighted by Gasteiger charge is -2.10. The summed E-state index contributed by atoms with van der Waals surface area (Å²) < 4.78 is 0. The lowest BCUT2D eigenvalue weighted by atomic mass is 9.96. The normalized spacial score (nSPS) is 10.6. The number of hydrogen-bond acceptors (Lipinski definition) is 3. The van der Waals surface area contributed by atoms with Crippen molar-refractivity contribution in [3.05, 3.63) is 48.0 Å². The van der Waals surface area contributed by atoms with Crippen molar-refractivity contribution < 1.29 is 15.3 Å². The zero-order chi connectivity index (χ0) is 13.7. The molecule has 0 saturated heterocycles. The van der Waals surface area contributed by atoms with Gasteiger partial charge in [-0.15, -0.1) is 0 Å². The Bertz CT molecular complexity index is 532. The van der Waals surface area contributed by atoms with Crippen molar-refractivity contribution in [2.45, 2.75) is 19.3 Å². The van der Waals surface area contributed by atoms with Gasteiger partial charge < -0.3 is 15.3 Å². The summed E-state index contributed by atoms with van der Waals surface area (Å²) in [4.78, 5) is 0. The number of phenolic OH excluding ortho intramolecular Hbond substituents is 2. The highest BCUT2D eigenvalue weighted by Crippen LogP contribution is 2.29. The van der Waals surface area contributed by atoms with Crippen LogP contribution in [-0.2, 0) is 6.42 Å². The van der Waals surface area contributed by atoms with Crippen LogP contribution in [0, 0.1) is 0 Å². The van der Waals surface area contributed by atoms with Gasteiger partial charge in [0.1, 0.15) is 11.5 Å². The summed E-state index contributed by atoms with van der Waals surface area (Å²) in [5.74, 6) is 0.458. The van der Waals surface area contributed by atoms with E-state index in [1.807, 2.05) is 18.2 Å². The van der Waals surface area contributed by atoms with Crippen LogP contribution in [0.4, 0.5) is 0 Å². The molecule has 0 heterocycles. The maximum Gasteiger partial charge on any atom is 0.116 e. The third-order valence-electron chi connectivity index (χ3n) is 3.13. The monoisotopic (exact) mass is 258 g/mol. The summed E-state index contributed by atoms with van der Waals surface area (Å²) >= 11 is 0. The van der Waals surface area contributed by atoms with E-state index in [9.17, 15) is 10.2 Å². The first-order chi connectivity index (χ1) is 9.20. The molecule has 2 aromatic carbocycles. The predicted octanol–water partition coefficient (Wildman–Crippen LogP) is 3.08. The van der Waals surface area contributed by atoms with E-state index in [2.05, 4.69) is 0 Å². The second kappa shape index (κ2) is 6.25. The van der Waals surface area contributed by atoms with Crippen molar-refractivity contribution in [3.63, 3.8) is 0 Å². The van der Waals surface area contributed by atoms with Crippen molar-refractivity contribution in [2.75, 3.05) is 6.61 Å². The van der Waals surface area contributed by atoms with E-state index < -0.39 is 0 Å². The van der Waals surface area contributed by atoms with E-state index in [0.717, 1.165) is 36.0 Å². The summed E-state index contributed by atoms with van der Waals surface area (Å²) in [7, 11) is 0. The molecule has 0 aliphatic heterocycles. The second-order valence-corrected chi connectivity index (χ2v) is 4.57. The number of hydrogen-bond donors (Lipinski definition) is 3. The quantitative estimate of drug-likeness (QED) is 0.722. The Balaban J connectivity index is 2.31. The zero-order valence-corrected chi connectivity index (χ0v) is 10.7. The van der Waals surface area contributed by atoms with E-state index in [4.69, 9.17) is 5.11 Å². The van der Waals surface area contributed by atoms with Crippen molar-refractivity contribution in [2.24, 2.45) is 0 Å². The molecule has 0 saturated carbocycles. The molecule has 0 aromatic heterocycles. The van der Waals surface area contributed by atoms with Crippen molar-refractivity contribution in [1.82, 2.24) is 0 Å². The molecule has 2 rings (SSSR count). The van der Waals surface area contributed by atoms with Crippen LogP contribution < -0.4 is 0 Å². The summed E-state index contributed by atoms with van der Waals surface area (Å²) in [6.45, 7) is 0.201. The van der Waals surface area contributed by atoms with E-state index in [-0.39, 0.29) is 18.1 Å². The predicted molar refractivity (Wildman–Crippen MR) is 75.2 cm³/mol. The molecule has 100 valence electrons. The Morgan fingerprint density at radius 3 is 2.16 bits per heavy atom. The van der Waals surface area contributed by atoms with Gasteiger partial charge in [0.05, 0.1) is 0 Å². The molecule has 0 bridgehead atoms. The highest BCUT2D eigenvalue weighted by Gasteiger charge is 2.06. The van der Waals surface area contributed by atoms with E-state index in [1.54, 1.807) is 24.3 Å². The fourth-order valence-electron chi connectivity index (χ4n) is 2.12. The number of unbranched alkanes of at least 4 members (excludes halogenated alkanes) is 1. The molecule has 3 nitrogen and oxygen atoms in total. The lowest BCUT2D eigenvalue weighted by molar-refractivity contribution is 0.284. The Hall–Kier alpha value is -2.00. The fraction of sp³-hybridized carbons (Fsp3) is 0.250. The number of phenols is 2. The largest absolute Gasteiger partial charge is 0.508 e. The topological polar surface area (TPSA) is 60.7 Å². The van der Waals surface area contributed by atoms with Crippen molar-refractivity contribution in [1.29, 1.82) is 0 Å². The fourth-order valence-corrected chi connectivity index (χ4v) is 2.12. The van der Waals surface area contributed by atoms with Crippen LogP contribution >= 0.6 is 0 Å². The molecule has 3 N–H and O–H groups in total. The van der Waals surface area contributed by atoms with Crippen LogP contribution in [-0.4, -0.2) is 21.9 Å². The maximum absolute atomic E-state index is 9.64. The first-order valence-corrected chi connectivity index (χ1v) is 6.43. The molecule has 0 spiro atoms. The van der Waals surface area contributed by atoms with Gasteiger partial charge in [0.2, 0.25) is 0 Å². The van der Waals surface area contributed by atoms with E-state index >= 15 is 0 Å². The zero-order valence-electron chi connectivity index (χ0n) is 10.7. The minimum atomic E-state index is 0.201. The van der Waals surface area contributed by atoms with Crippen LogP contribution in [0.5, 0.6) is 11.5 Å². The molecular weight excluding hydrogens is 240 g/mol. The van der Waals surface area contributed by atoms with Crippen LogP contribution in [0.3, 0.4) is 0 Å². The SMILES string of the molecule is OCCCCc1ccc(O)cc1-c1ccc(O)cc1. The standard InChI is InChI=1S/C16H18O3/c17-10-2-1-3-12-6-9-15(19)11-16(12)13-4-7-14(18)8-5-13/h4-9,11,17-19H,1-3,10H2.